The van der Waals surface area contributed by atoms with Crippen molar-refractivity contribution in [1.82, 2.24) is 0 Å². The molecule has 2 heterocycles. The Kier molecular flexibility index (Phi) is 5.77. The number of rotatable bonds is 9. The molecular weight excluding hydrogens is 400 g/mol. The molecule has 0 radical (unpaired) electrons. The molecule has 3 aromatic carbocycles. The summed E-state index contributed by atoms with van der Waals surface area (Å²) in [4.78, 5) is 0. The van der Waals surface area contributed by atoms with Crippen molar-refractivity contribution < 1.29 is 18.9 Å². The minimum absolute atomic E-state index is 0.0831. The first kappa shape index (κ1) is 21.5. The first-order valence-corrected chi connectivity index (χ1v) is 11.9. The van der Waals surface area contributed by atoms with Crippen LogP contribution in [0.1, 0.15) is 39.2 Å². The van der Waals surface area contributed by atoms with E-state index in [0.29, 0.717) is 13.2 Å². The summed E-state index contributed by atoms with van der Waals surface area (Å²) in [5, 5.41) is 4.58. The molecule has 5 rings (SSSR count). The van der Waals surface area contributed by atoms with Gasteiger partial charge >= 0.3 is 0 Å². The van der Waals surface area contributed by atoms with Crippen LogP contribution in [0.2, 0.25) is 0 Å². The lowest BCUT2D eigenvalue weighted by molar-refractivity contribution is -0.120. The van der Waals surface area contributed by atoms with Crippen molar-refractivity contribution >= 4 is 21.5 Å². The van der Waals surface area contributed by atoms with Crippen LogP contribution in [-0.4, -0.2) is 39.6 Å². The van der Waals surface area contributed by atoms with E-state index in [-0.39, 0.29) is 10.8 Å². The highest BCUT2D eigenvalue weighted by molar-refractivity contribution is 6.12. The topological polar surface area (TPSA) is 36.9 Å². The number of unbranched alkanes of at least 4 members (excludes halogenated alkanes) is 1. The fourth-order valence-corrected chi connectivity index (χ4v) is 4.66. The summed E-state index contributed by atoms with van der Waals surface area (Å²) in [6.45, 7) is 11.0. The molecular formula is C28H34O4. The number of aryl methyl sites for hydroxylation is 1. The van der Waals surface area contributed by atoms with Gasteiger partial charge in [-0.3, -0.25) is 0 Å². The molecule has 2 saturated heterocycles. The van der Waals surface area contributed by atoms with Gasteiger partial charge in [0.2, 0.25) is 0 Å². The fourth-order valence-electron chi connectivity index (χ4n) is 4.66. The minimum Gasteiger partial charge on any atom is -0.492 e. The molecule has 0 N–H and O–H groups in total. The fraction of sp³-hybridized carbons (Fsp3) is 0.500. The third-order valence-corrected chi connectivity index (χ3v) is 6.77. The Hall–Kier alpha value is -2.30. The van der Waals surface area contributed by atoms with E-state index in [0.717, 1.165) is 73.3 Å². The van der Waals surface area contributed by atoms with Crippen LogP contribution in [0.4, 0.5) is 0 Å². The van der Waals surface area contributed by atoms with Gasteiger partial charge < -0.3 is 18.9 Å². The summed E-state index contributed by atoms with van der Waals surface area (Å²) in [7, 11) is 0. The highest BCUT2D eigenvalue weighted by Gasteiger charge is 2.36. The summed E-state index contributed by atoms with van der Waals surface area (Å²) < 4.78 is 24.1. The smallest absolute Gasteiger partial charge is 0.135 e. The predicted octanol–water partition coefficient (Wildman–Crippen LogP) is 6.17. The molecule has 4 heteroatoms. The van der Waals surface area contributed by atoms with E-state index in [1.807, 2.05) is 0 Å². The van der Waals surface area contributed by atoms with Gasteiger partial charge in [0.15, 0.2) is 0 Å². The Morgan fingerprint density at radius 1 is 0.750 bits per heavy atom. The standard InChI is InChI=1S/C28H34O4/c1-4-5-9-20-10-8-13-23-24(20)26(32-19-28(3)16-30-17-28)22-12-7-6-11-21(22)25(23)31-18-27(2)14-29-15-27/h6-8,10-13H,4-5,9,14-19H2,1-3H3. The SMILES string of the molecule is CCCCc1cccc2c(OCC3(C)COC3)c3ccccc3c(OCC3(C)COC3)c12. The summed E-state index contributed by atoms with van der Waals surface area (Å²) in [5.41, 5.74) is 1.50. The van der Waals surface area contributed by atoms with Crippen LogP contribution in [0.15, 0.2) is 42.5 Å². The second kappa shape index (κ2) is 8.57. The lowest BCUT2D eigenvalue weighted by Crippen LogP contribution is -2.44. The van der Waals surface area contributed by atoms with E-state index in [4.69, 9.17) is 18.9 Å². The van der Waals surface area contributed by atoms with Gasteiger partial charge in [-0.05, 0) is 18.4 Å². The molecule has 170 valence electrons. The van der Waals surface area contributed by atoms with E-state index in [1.165, 1.54) is 10.9 Å². The van der Waals surface area contributed by atoms with E-state index in [1.54, 1.807) is 0 Å². The molecule has 0 atom stereocenters. The zero-order chi connectivity index (χ0) is 22.2. The molecule has 0 saturated carbocycles. The van der Waals surface area contributed by atoms with Crippen molar-refractivity contribution in [3.8, 4) is 11.5 Å². The van der Waals surface area contributed by atoms with E-state index in [9.17, 15) is 0 Å². The lowest BCUT2D eigenvalue weighted by atomic mass is 9.89. The first-order chi connectivity index (χ1) is 15.5. The van der Waals surface area contributed by atoms with Crippen molar-refractivity contribution in [3.63, 3.8) is 0 Å². The van der Waals surface area contributed by atoms with Crippen LogP contribution in [-0.2, 0) is 15.9 Å². The van der Waals surface area contributed by atoms with Gasteiger partial charge in [-0.2, -0.15) is 0 Å². The summed E-state index contributed by atoms with van der Waals surface area (Å²) in [6, 6.07) is 15.1. The maximum atomic E-state index is 6.64. The van der Waals surface area contributed by atoms with Gasteiger partial charge in [0.25, 0.3) is 0 Å². The Labute approximate surface area is 190 Å². The van der Waals surface area contributed by atoms with Crippen molar-refractivity contribution in [2.24, 2.45) is 10.8 Å². The quantitative estimate of drug-likeness (QED) is 0.378. The average molecular weight is 435 g/mol. The third-order valence-electron chi connectivity index (χ3n) is 6.77. The van der Waals surface area contributed by atoms with Crippen LogP contribution in [0.5, 0.6) is 11.5 Å². The van der Waals surface area contributed by atoms with Gasteiger partial charge in [-0.25, -0.2) is 0 Å². The molecule has 4 nitrogen and oxygen atoms in total. The molecule has 0 unspecified atom stereocenters. The Bertz CT molecular complexity index is 1110. The minimum atomic E-state index is 0.0831. The number of ether oxygens (including phenoxy) is 4. The molecule has 0 amide bonds. The normalized spacial score (nSPS) is 18.8. The van der Waals surface area contributed by atoms with Gasteiger partial charge in [0, 0.05) is 32.4 Å². The highest BCUT2D eigenvalue weighted by atomic mass is 16.5. The number of benzene rings is 3. The van der Waals surface area contributed by atoms with Crippen molar-refractivity contribution in [2.45, 2.75) is 40.0 Å². The van der Waals surface area contributed by atoms with Crippen molar-refractivity contribution in [3.05, 3.63) is 48.0 Å². The van der Waals surface area contributed by atoms with Crippen LogP contribution in [0, 0.1) is 10.8 Å². The van der Waals surface area contributed by atoms with Gasteiger partial charge in [0.1, 0.15) is 11.5 Å². The number of hydrogen-bond donors (Lipinski definition) is 0. The largest absolute Gasteiger partial charge is 0.492 e. The van der Waals surface area contributed by atoms with Crippen LogP contribution in [0.25, 0.3) is 21.5 Å². The van der Waals surface area contributed by atoms with Crippen LogP contribution in [0.3, 0.4) is 0 Å². The Balaban J connectivity index is 1.65. The molecule has 2 aliphatic heterocycles. The number of hydrogen-bond acceptors (Lipinski definition) is 4. The van der Waals surface area contributed by atoms with Gasteiger partial charge in [-0.1, -0.05) is 69.7 Å². The van der Waals surface area contributed by atoms with E-state index >= 15 is 0 Å². The maximum Gasteiger partial charge on any atom is 0.135 e. The van der Waals surface area contributed by atoms with Gasteiger partial charge in [0.05, 0.1) is 39.6 Å². The van der Waals surface area contributed by atoms with Crippen molar-refractivity contribution in [2.75, 3.05) is 39.6 Å². The first-order valence-electron chi connectivity index (χ1n) is 11.9. The van der Waals surface area contributed by atoms with Gasteiger partial charge in [-0.15, -0.1) is 0 Å². The molecule has 0 bridgehead atoms. The summed E-state index contributed by atoms with van der Waals surface area (Å²) >= 11 is 0. The monoisotopic (exact) mass is 434 g/mol. The molecule has 32 heavy (non-hydrogen) atoms. The zero-order valence-electron chi connectivity index (χ0n) is 19.5. The maximum absolute atomic E-state index is 6.64. The average Bonchev–Trinajstić information content (AvgIpc) is 2.77. The van der Waals surface area contributed by atoms with Crippen LogP contribution < -0.4 is 9.47 Å². The predicted molar refractivity (Wildman–Crippen MR) is 129 cm³/mol. The molecule has 2 fully saturated rings. The third kappa shape index (κ3) is 3.95. The lowest BCUT2D eigenvalue weighted by Gasteiger charge is -2.38. The zero-order valence-corrected chi connectivity index (χ0v) is 19.5. The van der Waals surface area contributed by atoms with Crippen LogP contribution >= 0.6 is 0 Å². The summed E-state index contributed by atoms with van der Waals surface area (Å²) in [5.74, 6) is 1.95. The molecule has 0 aliphatic carbocycles. The van der Waals surface area contributed by atoms with Crippen molar-refractivity contribution in [1.29, 1.82) is 0 Å². The van der Waals surface area contributed by atoms with E-state index in [2.05, 4.69) is 63.2 Å². The Morgan fingerprint density at radius 3 is 1.88 bits per heavy atom. The molecule has 2 aliphatic rings. The summed E-state index contributed by atoms with van der Waals surface area (Å²) in [6.07, 6.45) is 3.35. The molecule has 0 spiro atoms. The number of fused-ring (bicyclic) bond motifs is 2. The van der Waals surface area contributed by atoms with E-state index < -0.39 is 0 Å². The second-order valence-electron chi connectivity index (χ2n) is 10.3. The molecule has 3 aromatic rings. The Morgan fingerprint density at radius 2 is 1.31 bits per heavy atom. The molecule has 0 aromatic heterocycles. The highest BCUT2D eigenvalue weighted by Crippen LogP contribution is 2.46. The second-order valence-corrected chi connectivity index (χ2v) is 10.3.